The van der Waals surface area contributed by atoms with Crippen LogP contribution in [-0.4, -0.2) is 49.2 Å². The van der Waals surface area contributed by atoms with E-state index in [0.29, 0.717) is 12.1 Å². The second-order valence-corrected chi connectivity index (χ2v) is 8.45. The number of amides is 1. The van der Waals surface area contributed by atoms with Crippen LogP contribution in [0.25, 0.3) is 10.9 Å². The first kappa shape index (κ1) is 17.9. The number of nitrogens with one attached hydrogen (secondary N) is 1. The van der Waals surface area contributed by atoms with E-state index < -0.39 is 10.0 Å². The van der Waals surface area contributed by atoms with Gasteiger partial charge in [-0.15, -0.1) is 0 Å². The van der Waals surface area contributed by atoms with Crippen LogP contribution in [0.15, 0.2) is 30.5 Å². The van der Waals surface area contributed by atoms with E-state index in [1.807, 2.05) is 35.4 Å². The first-order valence-electron chi connectivity index (χ1n) is 8.74. The summed E-state index contributed by atoms with van der Waals surface area (Å²) >= 11 is 0. The van der Waals surface area contributed by atoms with Crippen LogP contribution in [0, 0.1) is 0 Å². The molecule has 2 heterocycles. The summed E-state index contributed by atoms with van der Waals surface area (Å²) in [6, 6.07) is 7.82. The second-order valence-electron chi connectivity index (χ2n) is 6.61. The maximum atomic E-state index is 13.2. The fraction of sp³-hybridized carbons (Fsp3) is 0.500. The molecule has 1 saturated heterocycles. The lowest BCUT2D eigenvalue weighted by molar-refractivity contribution is 0.0620. The number of benzene rings is 1. The Balaban J connectivity index is 1.90. The van der Waals surface area contributed by atoms with Crippen molar-refractivity contribution in [2.24, 2.45) is 0 Å². The third-order valence-electron chi connectivity index (χ3n) is 4.83. The van der Waals surface area contributed by atoms with Gasteiger partial charge in [0.05, 0.1) is 11.8 Å². The van der Waals surface area contributed by atoms with Crippen molar-refractivity contribution >= 4 is 26.8 Å². The molecule has 1 fully saturated rings. The van der Waals surface area contributed by atoms with Crippen molar-refractivity contribution in [3.63, 3.8) is 0 Å². The van der Waals surface area contributed by atoms with Crippen LogP contribution in [0.1, 0.15) is 36.5 Å². The number of rotatable bonds is 5. The molecule has 3 rings (SSSR count). The van der Waals surface area contributed by atoms with Gasteiger partial charge in [-0.25, -0.2) is 13.1 Å². The Morgan fingerprint density at radius 3 is 2.76 bits per heavy atom. The Bertz CT molecular complexity index is 873. The van der Waals surface area contributed by atoms with Gasteiger partial charge in [0.15, 0.2) is 0 Å². The number of piperidine rings is 1. The average Bonchev–Trinajstić information content (AvgIpc) is 2.98. The molecule has 7 heteroatoms. The lowest BCUT2D eigenvalue weighted by Gasteiger charge is -2.35. The average molecular weight is 363 g/mol. The summed E-state index contributed by atoms with van der Waals surface area (Å²) in [5, 5.41) is 0.953. The van der Waals surface area contributed by atoms with Gasteiger partial charge in [-0.1, -0.05) is 18.2 Å². The summed E-state index contributed by atoms with van der Waals surface area (Å²) in [5.41, 5.74) is 1.75. The fourth-order valence-electron chi connectivity index (χ4n) is 3.56. The number of likely N-dealkylation sites (tertiary alicyclic amines) is 1. The zero-order valence-electron chi connectivity index (χ0n) is 14.7. The molecule has 0 radical (unpaired) electrons. The van der Waals surface area contributed by atoms with Gasteiger partial charge in [0.2, 0.25) is 10.0 Å². The van der Waals surface area contributed by atoms with Crippen molar-refractivity contribution < 1.29 is 13.2 Å². The highest BCUT2D eigenvalue weighted by atomic mass is 32.2. The van der Waals surface area contributed by atoms with Gasteiger partial charge < -0.3 is 9.47 Å². The molecule has 25 heavy (non-hydrogen) atoms. The first-order valence-corrected chi connectivity index (χ1v) is 10.6. The van der Waals surface area contributed by atoms with E-state index in [4.69, 9.17) is 0 Å². The van der Waals surface area contributed by atoms with Crippen LogP contribution in [0.5, 0.6) is 0 Å². The predicted molar refractivity (Wildman–Crippen MR) is 99.1 cm³/mol. The number of aryl methyl sites for hydroxylation is 1. The van der Waals surface area contributed by atoms with E-state index in [1.54, 1.807) is 0 Å². The highest BCUT2D eigenvalue weighted by molar-refractivity contribution is 7.88. The molecule has 0 bridgehead atoms. The molecule has 0 saturated carbocycles. The maximum absolute atomic E-state index is 13.2. The quantitative estimate of drug-likeness (QED) is 0.885. The molecule has 6 nitrogen and oxygen atoms in total. The van der Waals surface area contributed by atoms with Crippen molar-refractivity contribution in [1.82, 2.24) is 14.2 Å². The number of hydrogen-bond acceptors (Lipinski definition) is 3. The fourth-order valence-corrected chi connectivity index (χ4v) is 4.06. The molecule has 1 atom stereocenters. The van der Waals surface area contributed by atoms with E-state index >= 15 is 0 Å². The molecule has 1 aromatic heterocycles. The molecular weight excluding hydrogens is 338 g/mol. The Labute approximate surface area is 148 Å². The maximum Gasteiger partial charge on any atom is 0.256 e. The van der Waals surface area contributed by atoms with Gasteiger partial charge in [-0.3, -0.25) is 4.79 Å². The Kier molecular flexibility index (Phi) is 5.15. The van der Waals surface area contributed by atoms with Crippen LogP contribution in [0.2, 0.25) is 0 Å². The number of sulfonamides is 1. The van der Waals surface area contributed by atoms with E-state index in [2.05, 4.69) is 16.2 Å². The van der Waals surface area contributed by atoms with E-state index in [1.165, 1.54) is 0 Å². The highest BCUT2D eigenvalue weighted by Crippen LogP contribution is 2.26. The highest BCUT2D eigenvalue weighted by Gasteiger charge is 2.29. The van der Waals surface area contributed by atoms with Crippen LogP contribution < -0.4 is 4.72 Å². The lowest BCUT2D eigenvalue weighted by atomic mass is 10.0. The standard InChI is InChI=1S/C18H25N3O3S/c1-3-20-13-16(15-9-4-5-10-17(15)20)18(22)21-11-7-6-8-14(21)12-19-25(2,23)24/h4-5,9-10,13-14,19H,3,6-8,11-12H2,1-2H3. The van der Waals surface area contributed by atoms with Gasteiger partial charge in [-0.2, -0.15) is 0 Å². The summed E-state index contributed by atoms with van der Waals surface area (Å²) < 4.78 is 27.5. The molecule has 1 unspecified atom stereocenters. The Hall–Kier alpha value is -1.86. The number of fused-ring (bicyclic) bond motifs is 1. The largest absolute Gasteiger partial charge is 0.347 e. The van der Waals surface area contributed by atoms with Crippen LogP contribution in [0.3, 0.4) is 0 Å². The minimum atomic E-state index is -3.26. The van der Waals surface area contributed by atoms with Gasteiger partial charge in [0.25, 0.3) is 5.91 Å². The lowest BCUT2D eigenvalue weighted by Crippen LogP contribution is -2.49. The molecular formula is C18H25N3O3S. The Morgan fingerprint density at radius 2 is 2.04 bits per heavy atom. The summed E-state index contributed by atoms with van der Waals surface area (Å²) in [4.78, 5) is 15.1. The topological polar surface area (TPSA) is 71.4 Å². The number of para-hydroxylation sites is 1. The van der Waals surface area contributed by atoms with Crippen molar-refractivity contribution in [3.05, 3.63) is 36.0 Å². The van der Waals surface area contributed by atoms with Crippen molar-refractivity contribution in [1.29, 1.82) is 0 Å². The monoisotopic (exact) mass is 363 g/mol. The third-order valence-corrected chi connectivity index (χ3v) is 5.52. The van der Waals surface area contributed by atoms with Crippen molar-refractivity contribution in [2.75, 3.05) is 19.3 Å². The van der Waals surface area contributed by atoms with Crippen LogP contribution >= 0.6 is 0 Å². The van der Waals surface area contributed by atoms with Gasteiger partial charge in [-0.05, 0) is 32.3 Å². The second kappa shape index (κ2) is 7.17. The number of carbonyl (C=O) groups is 1. The zero-order valence-corrected chi connectivity index (χ0v) is 15.6. The number of carbonyl (C=O) groups excluding carboxylic acids is 1. The summed E-state index contributed by atoms with van der Waals surface area (Å²) in [6.45, 7) is 3.80. The van der Waals surface area contributed by atoms with Gasteiger partial charge >= 0.3 is 0 Å². The SMILES string of the molecule is CCn1cc(C(=O)N2CCCCC2CNS(C)(=O)=O)c2ccccc21. The van der Waals surface area contributed by atoms with E-state index in [0.717, 1.165) is 43.0 Å². The zero-order chi connectivity index (χ0) is 18.0. The van der Waals surface area contributed by atoms with Gasteiger partial charge in [0.1, 0.15) is 0 Å². The number of nitrogens with zero attached hydrogens (tertiary/aromatic N) is 2. The minimum absolute atomic E-state index is 0.0107. The van der Waals surface area contributed by atoms with Crippen molar-refractivity contribution in [3.8, 4) is 0 Å². The molecule has 1 N–H and O–H groups in total. The first-order chi connectivity index (χ1) is 11.9. The molecule has 136 valence electrons. The molecule has 1 amide bonds. The van der Waals surface area contributed by atoms with Crippen LogP contribution in [-0.2, 0) is 16.6 Å². The minimum Gasteiger partial charge on any atom is -0.347 e. The van der Waals surface area contributed by atoms with E-state index in [-0.39, 0.29) is 18.5 Å². The molecule has 1 aliphatic heterocycles. The third kappa shape index (κ3) is 3.88. The van der Waals surface area contributed by atoms with E-state index in [9.17, 15) is 13.2 Å². The summed E-state index contributed by atoms with van der Waals surface area (Å²) in [7, 11) is -3.26. The molecule has 0 aliphatic carbocycles. The molecule has 0 spiro atoms. The molecule has 1 aliphatic rings. The number of aromatic nitrogens is 1. The number of hydrogen-bond donors (Lipinski definition) is 1. The predicted octanol–water partition coefficient (Wildman–Crippen LogP) is 2.21. The van der Waals surface area contributed by atoms with Gasteiger partial charge in [0, 0.05) is 42.8 Å². The smallest absolute Gasteiger partial charge is 0.256 e. The normalized spacial score (nSPS) is 18.6. The Morgan fingerprint density at radius 1 is 1.28 bits per heavy atom. The summed E-state index contributed by atoms with van der Waals surface area (Å²) in [6.07, 6.45) is 5.85. The van der Waals surface area contributed by atoms with Crippen LogP contribution in [0.4, 0.5) is 0 Å². The van der Waals surface area contributed by atoms with Crippen molar-refractivity contribution in [2.45, 2.75) is 38.8 Å². The summed E-state index contributed by atoms with van der Waals surface area (Å²) in [5.74, 6) is -0.0107. The molecule has 2 aromatic rings. The molecule has 1 aromatic carbocycles.